The van der Waals surface area contributed by atoms with Gasteiger partial charge in [0.2, 0.25) is 11.8 Å². The van der Waals surface area contributed by atoms with Crippen molar-refractivity contribution in [2.75, 3.05) is 20.6 Å². The minimum Gasteiger partial charge on any atom is -0.347 e. The third kappa shape index (κ3) is 2.94. The lowest BCUT2D eigenvalue weighted by Crippen LogP contribution is -2.46. The molecule has 116 valence electrons. The Kier molecular flexibility index (Phi) is 4.34. The van der Waals surface area contributed by atoms with E-state index in [1.54, 1.807) is 28.6 Å². The van der Waals surface area contributed by atoms with Gasteiger partial charge in [-0.2, -0.15) is 5.10 Å². The number of nitrogens with zero attached hydrogens (tertiary/aromatic N) is 4. The zero-order valence-electron chi connectivity index (χ0n) is 13.5. The number of aromatic nitrogens is 2. The van der Waals surface area contributed by atoms with Crippen molar-refractivity contribution < 1.29 is 9.59 Å². The highest BCUT2D eigenvalue weighted by Gasteiger charge is 2.35. The molecule has 1 unspecified atom stereocenters. The number of aryl methyl sites for hydroxylation is 2. The zero-order valence-corrected chi connectivity index (χ0v) is 13.5. The van der Waals surface area contributed by atoms with Gasteiger partial charge >= 0.3 is 0 Å². The highest BCUT2D eigenvalue weighted by molar-refractivity contribution is 5.89. The number of hydrogen-bond donors (Lipinski definition) is 0. The molecule has 1 aromatic rings. The van der Waals surface area contributed by atoms with Gasteiger partial charge in [-0.1, -0.05) is 0 Å². The van der Waals surface area contributed by atoms with E-state index in [-0.39, 0.29) is 17.9 Å². The Morgan fingerprint density at radius 1 is 1.33 bits per heavy atom. The third-order valence-electron chi connectivity index (χ3n) is 4.29. The van der Waals surface area contributed by atoms with Gasteiger partial charge in [0.25, 0.3) is 0 Å². The van der Waals surface area contributed by atoms with Crippen LogP contribution in [-0.2, 0) is 23.1 Å². The maximum Gasteiger partial charge on any atom is 0.244 e. The molecule has 0 radical (unpaired) electrons. The lowest BCUT2D eigenvalue weighted by atomic mass is 10.1. The summed E-state index contributed by atoms with van der Waals surface area (Å²) in [7, 11) is 5.35. The van der Waals surface area contributed by atoms with Gasteiger partial charge in [0.1, 0.15) is 6.04 Å². The van der Waals surface area contributed by atoms with E-state index in [1.807, 2.05) is 20.9 Å². The van der Waals surface area contributed by atoms with E-state index in [1.165, 1.54) is 0 Å². The van der Waals surface area contributed by atoms with Gasteiger partial charge in [-0.05, 0) is 26.7 Å². The van der Waals surface area contributed by atoms with Crippen LogP contribution in [0.2, 0.25) is 0 Å². The summed E-state index contributed by atoms with van der Waals surface area (Å²) >= 11 is 0. The van der Waals surface area contributed by atoms with E-state index < -0.39 is 0 Å². The number of carbonyl (C=O) groups is 2. The van der Waals surface area contributed by atoms with Crippen LogP contribution in [-0.4, -0.2) is 58.1 Å². The highest BCUT2D eigenvalue weighted by Crippen LogP contribution is 2.21. The van der Waals surface area contributed by atoms with E-state index in [4.69, 9.17) is 0 Å². The maximum absolute atomic E-state index is 12.6. The summed E-state index contributed by atoms with van der Waals surface area (Å²) in [6, 6.07) is -0.301. The smallest absolute Gasteiger partial charge is 0.244 e. The van der Waals surface area contributed by atoms with Crippen LogP contribution in [0.1, 0.15) is 29.8 Å². The van der Waals surface area contributed by atoms with Crippen LogP contribution in [0, 0.1) is 13.8 Å². The van der Waals surface area contributed by atoms with Crippen LogP contribution in [0.15, 0.2) is 0 Å². The standard InChI is InChI=1S/C15H24N4O2/c1-10-12(11(2)18(5)16-10)9-14(20)19-8-6-7-13(19)15(21)17(3)4/h13H,6-9H2,1-5H3. The first-order chi connectivity index (χ1) is 9.82. The first-order valence-corrected chi connectivity index (χ1v) is 7.32. The molecule has 0 aliphatic carbocycles. The molecule has 2 heterocycles. The molecule has 1 atom stereocenters. The van der Waals surface area contributed by atoms with E-state index in [0.29, 0.717) is 13.0 Å². The molecule has 1 aliphatic rings. The Morgan fingerprint density at radius 2 is 2.00 bits per heavy atom. The van der Waals surface area contributed by atoms with Crippen LogP contribution in [0.5, 0.6) is 0 Å². The predicted octanol–water partition coefficient (Wildman–Crippen LogP) is 0.659. The first-order valence-electron chi connectivity index (χ1n) is 7.32. The van der Waals surface area contributed by atoms with Crippen molar-refractivity contribution in [3.63, 3.8) is 0 Å². The van der Waals surface area contributed by atoms with Crippen molar-refractivity contribution in [3.05, 3.63) is 17.0 Å². The van der Waals surface area contributed by atoms with Crippen LogP contribution in [0.3, 0.4) is 0 Å². The van der Waals surface area contributed by atoms with Crippen molar-refractivity contribution >= 4 is 11.8 Å². The first kappa shape index (κ1) is 15.5. The second-order valence-corrected chi connectivity index (χ2v) is 5.93. The molecular weight excluding hydrogens is 268 g/mol. The van der Waals surface area contributed by atoms with Gasteiger partial charge in [0.15, 0.2) is 0 Å². The molecular formula is C15H24N4O2. The molecule has 0 bridgehead atoms. The molecule has 1 fully saturated rings. The molecule has 0 saturated carbocycles. The molecule has 0 aromatic carbocycles. The Morgan fingerprint density at radius 3 is 2.52 bits per heavy atom. The highest BCUT2D eigenvalue weighted by atomic mass is 16.2. The maximum atomic E-state index is 12.6. The van der Waals surface area contributed by atoms with Crippen LogP contribution in [0.25, 0.3) is 0 Å². The molecule has 0 spiro atoms. The molecule has 0 N–H and O–H groups in total. The third-order valence-corrected chi connectivity index (χ3v) is 4.29. The lowest BCUT2D eigenvalue weighted by molar-refractivity contribution is -0.141. The largest absolute Gasteiger partial charge is 0.347 e. The fourth-order valence-electron chi connectivity index (χ4n) is 2.95. The lowest BCUT2D eigenvalue weighted by Gasteiger charge is -2.26. The number of likely N-dealkylation sites (tertiary alicyclic amines) is 1. The fraction of sp³-hybridized carbons (Fsp3) is 0.667. The Labute approximate surface area is 125 Å². The molecule has 1 aliphatic heterocycles. The summed E-state index contributed by atoms with van der Waals surface area (Å²) < 4.78 is 1.80. The molecule has 1 saturated heterocycles. The molecule has 6 nitrogen and oxygen atoms in total. The van der Waals surface area contributed by atoms with E-state index >= 15 is 0 Å². The van der Waals surface area contributed by atoms with Crippen LogP contribution >= 0.6 is 0 Å². The summed E-state index contributed by atoms with van der Waals surface area (Å²) in [5.41, 5.74) is 2.87. The minimum absolute atomic E-state index is 0.0143. The van der Waals surface area contributed by atoms with Crippen molar-refractivity contribution in [1.82, 2.24) is 19.6 Å². The monoisotopic (exact) mass is 292 g/mol. The molecule has 6 heteroatoms. The van der Waals surface area contributed by atoms with Gasteiger partial charge in [0.05, 0.1) is 12.1 Å². The summed E-state index contributed by atoms with van der Waals surface area (Å²) in [6.45, 7) is 4.55. The van der Waals surface area contributed by atoms with Gasteiger partial charge in [0, 0.05) is 38.9 Å². The number of amides is 2. The quantitative estimate of drug-likeness (QED) is 0.822. The van der Waals surface area contributed by atoms with Crippen molar-refractivity contribution in [3.8, 4) is 0 Å². The van der Waals surface area contributed by atoms with Crippen molar-refractivity contribution in [1.29, 1.82) is 0 Å². The average molecular weight is 292 g/mol. The molecule has 2 rings (SSSR count). The summed E-state index contributed by atoms with van der Waals surface area (Å²) in [4.78, 5) is 28.0. The Hall–Kier alpha value is -1.85. The predicted molar refractivity (Wildman–Crippen MR) is 79.8 cm³/mol. The zero-order chi connectivity index (χ0) is 15.7. The van der Waals surface area contributed by atoms with Gasteiger partial charge in [-0.3, -0.25) is 14.3 Å². The second-order valence-electron chi connectivity index (χ2n) is 5.93. The normalized spacial score (nSPS) is 18.1. The SMILES string of the molecule is Cc1nn(C)c(C)c1CC(=O)N1CCCC1C(=O)N(C)C. The summed E-state index contributed by atoms with van der Waals surface area (Å²) in [5, 5.41) is 4.34. The summed E-state index contributed by atoms with van der Waals surface area (Å²) in [6.07, 6.45) is 1.97. The van der Waals surface area contributed by atoms with Crippen molar-refractivity contribution in [2.45, 2.75) is 39.2 Å². The second kappa shape index (κ2) is 5.87. The average Bonchev–Trinajstić information content (AvgIpc) is 2.99. The van der Waals surface area contributed by atoms with E-state index in [0.717, 1.165) is 29.8 Å². The fourth-order valence-corrected chi connectivity index (χ4v) is 2.95. The Balaban J connectivity index is 2.14. The number of rotatable bonds is 3. The molecule has 21 heavy (non-hydrogen) atoms. The minimum atomic E-state index is -0.301. The number of hydrogen-bond acceptors (Lipinski definition) is 3. The Bertz CT molecular complexity index is 562. The topological polar surface area (TPSA) is 58.4 Å². The van der Waals surface area contributed by atoms with Crippen LogP contribution < -0.4 is 0 Å². The number of carbonyl (C=O) groups excluding carboxylic acids is 2. The van der Waals surface area contributed by atoms with Gasteiger partial charge in [-0.25, -0.2) is 0 Å². The molecule has 2 amide bonds. The van der Waals surface area contributed by atoms with Gasteiger partial charge in [-0.15, -0.1) is 0 Å². The summed E-state index contributed by atoms with van der Waals surface area (Å²) in [5.74, 6) is 0.0346. The van der Waals surface area contributed by atoms with E-state index in [2.05, 4.69) is 5.10 Å². The van der Waals surface area contributed by atoms with Crippen molar-refractivity contribution in [2.24, 2.45) is 7.05 Å². The van der Waals surface area contributed by atoms with Gasteiger partial charge < -0.3 is 9.80 Å². The molecule has 1 aromatic heterocycles. The number of likely N-dealkylation sites (N-methyl/N-ethyl adjacent to an activating group) is 1. The van der Waals surface area contributed by atoms with Crippen LogP contribution in [0.4, 0.5) is 0 Å². The van der Waals surface area contributed by atoms with E-state index in [9.17, 15) is 9.59 Å².